The summed E-state index contributed by atoms with van der Waals surface area (Å²) in [6.07, 6.45) is 0. The fourth-order valence-electron chi connectivity index (χ4n) is 1.77. The molecular weight excluding hydrogens is 276 g/mol. The number of amides is 1. The van der Waals surface area contributed by atoms with Gasteiger partial charge in [-0.2, -0.15) is 0 Å². The predicted octanol–water partition coefficient (Wildman–Crippen LogP) is 2.91. The summed E-state index contributed by atoms with van der Waals surface area (Å²) in [5.74, 6) is 0.202. The number of rotatable bonds is 4. The van der Waals surface area contributed by atoms with Crippen LogP contribution < -0.4 is 16.2 Å². The summed E-state index contributed by atoms with van der Waals surface area (Å²) in [4.78, 5) is 11.1. The first-order valence-electron chi connectivity index (χ1n) is 6.04. The van der Waals surface area contributed by atoms with Gasteiger partial charge in [0.25, 0.3) is 0 Å². The molecule has 0 aliphatic heterocycles. The summed E-state index contributed by atoms with van der Waals surface area (Å²) in [5, 5.41) is 0.461. The molecule has 1 amide bonds. The number of nitrogen functional groups attached to an aromatic ring is 1. The lowest BCUT2D eigenvalue weighted by molar-refractivity contribution is 0.1000. The zero-order chi connectivity index (χ0) is 14.7. The van der Waals surface area contributed by atoms with Crippen LogP contribution in [0.15, 0.2) is 36.4 Å². The summed E-state index contributed by atoms with van der Waals surface area (Å²) < 4.78 is 5.65. The van der Waals surface area contributed by atoms with E-state index < -0.39 is 5.91 Å². The van der Waals surface area contributed by atoms with Gasteiger partial charge in [-0.15, -0.1) is 0 Å². The molecule has 2 aromatic carbocycles. The number of carbonyl (C=O) groups excluding carboxylic acids is 1. The number of ether oxygens (including phenoxy) is 1. The average Bonchev–Trinajstić information content (AvgIpc) is 2.41. The van der Waals surface area contributed by atoms with Gasteiger partial charge < -0.3 is 16.2 Å². The van der Waals surface area contributed by atoms with Crippen molar-refractivity contribution in [2.75, 3.05) is 5.73 Å². The van der Waals surface area contributed by atoms with Crippen LogP contribution in [0.3, 0.4) is 0 Å². The highest BCUT2D eigenvalue weighted by Gasteiger charge is 2.05. The molecule has 4 nitrogen and oxygen atoms in total. The summed E-state index contributed by atoms with van der Waals surface area (Å²) in [5.41, 5.74) is 13.8. The number of benzene rings is 2. The summed E-state index contributed by atoms with van der Waals surface area (Å²) >= 11 is 5.93. The molecule has 0 aliphatic carbocycles. The van der Waals surface area contributed by atoms with E-state index in [0.717, 1.165) is 11.1 Å². The molecule has 0 aliphatic rings. The lowest BCUT2D eigenvalue weighted by Crippen LogP contribution is -2.11. The van der Waals surface area contributed by atoms with Gasteiger partial charge in [0.15, 0.2) is 0 Å². The van der Waals surface area contributed by atoms with Gasteiger partial charge in [0.1, 0.15) is 12.4 Å². The fraction of sp³-hybridized carbons (Fsp3) is 0.133. The second-order valence-electron chi connectivity index (χ2n) is 4.48. The Morgan fingerprint density at radius 3 is 2.60 bits per heavy atom. The van der Waals surface area contributed by atoms with E-state index in [0.29, 0.717) is 28.6 Å². The van der Waals surface area contributed by atoms with Gasteiger partial charge in [0, 0.05) is 11.6 Å². The van der Waals surface area contributed by atoms with Gasteiger partial charge in [0.2, 0.25) is 5.91 Å². The third-order valence-corrected chi connectivity index (χ3v) is 3.32. The number of halogens is 1. The van der Waals surface area contributed by atoms with E-state index in [4.69, 9.17) is 27.8 Å². The Kier molecular flexibility index (Phi) is 4.15. The minimum Gasteiger partial charge on any atom is -0.489 e. The van der Waals surface area contributed by atoms with Crippen LogP contribution in [-0.4, -0.2) is 5.91 Å². The third-order valence-electron chi connectivity index (χ3n) is 2.99. The Bertz CT molecular complexity index is 656. The van der Waals surface area contributed by atoms with Crippen LogP contribution in [0.4, 0.5) is 5.69 Å². The maximum atomic E-state index is 11.1. The number of aryl methyl sites for hydroxylation is 1. The maximum absolute atomic E-state index is 11.1. The Morgan fingerprint density at radius 1 is 1.25 bits per heavy atom. The van der Waals surface area contributed by atoms with Crippen molar-refractivity contribution >= 4 is 23.2 Å². The molecular formula is C15H15ClN2O2. The Hall–Kier alpha value is -2.20. The van der Waals surface area contributed by atoms with E-state index in [1.165, 1.54) is 0 Å². The number of hydrogen-bond donors (Lipinski definition) is 2. The topological polar surface area (TPSA) is 78.3 Å². The molecule has 104 valence electrons. The van der Waals surface area contributed by atoms with Crippen molar-refractivity contribution in [1.29, 1.82) is 0 Å². The molecule has 0 aromatic heterocycles. The highest BCUT2D eigenvalue weighted by atomic mass is 35.5. The molecule has 0 atom stereocenters. The van der Waals surface area contributed by atoms with Crippen LogP contribution in [0.1, 0.15) is 21.5 Å². The Morgan fingerprint density at radius 2 is 2.00 bits per heavy atom. The zero-order valence-corrected chi connectivity index (χ0v) is 11.8. The minimum absolute atomic E-state index is 0.380. The molecule has 2 rings (SSSR count). The molecule has 0 bridgehead atoms. The first-order chi connectivity index (χ1) is 9.47. The number of primary amides is 1. The first-order valence-corrected chi connectivity index (χ1v) is 6.42. The van der Waals surface area contributed by atoms with E-state index in [9.17, 15) is 4.79 Å². The second-order valence-corrected chi connectivity index (χ2v) is 4.88. The predicted molar refractivity (Wildman–Crippen MR) is 79.9 cm³/mol. The molecule has 0 fully saturated rings. The van der Waals surface area contributed by atoms with Crippen LogP contribution in [0.25, 0.3) is 0 Å². The van der Waals surface area contributed by atoms with Crippen LogP contribution in [0.2, 0.25) is 5.02 Å². The van der Waals surface area contributed by atoms with Crippen LogP contribution in [0, 0.1) is 6.92 Å². The van der Waals surface area contributed by atoms with Gasteiger partial charge in [-0.3, -0.25) is 4.79 Å². The molecule has 20 heavy (non-hydrogen) atoms. The van der Waals surface area contributed by atoms with Crippen LogP contribution >= 0.6 is 11.6 Å². The van der Waals surface area contributed by atoms with Crippen molar-refractivity contribution in [3.63, 3.8) is 0 Å². The lowest BCUT2D eigenvalue weighted by atomic mass is 10.1. The third kappa shape index (κ3) is 3.22. The molecule has 0 unspecified atom stereocenters. The normalized spacial score (nSPS) is 10.3. The first kappa shape index (κ1) is 14.2. The van der Waals surface area contributed by atoms with Crippen molar-refractivity contribution in [3.05, 3.63) is 58.1 Å². The summed E-state index contributed by atoms with van der Waals surface area (Å²) in [6.45, 7) is 2.28. The number of hydrogen-bond acceptors (Lipinski definition) is 3. The zero-order valence-electron chi connectivity index (χ0n) is 11.0. The SMILES string of the molecule is Cc1cc(C(N)=O)ccc1COc1ccc(N)c(Cl)c1. The highest BCUT2D eigenvalue weighted by Crippen LogP contribution is 2.25. The molecule has 4 N–H and O–H groups in total. The molecule has 0 saturated carbocycles. The van der Waals surface area contributed by atoms with Crippen molar-refractivity contribution < 1.29 is 9.53 Å². The highest BCUT2D eigenvalue weighted by molar-refractivity contribution is 6.33. The van der Waals surface area contributed by atoms with Gasteiger partial charge in [-0.05, 0) is 42.3 Å². The maximum Gasteiger partial charge on any atom is 0.248 e. The second kappa shape index (κ2) is 5.84. The standard InChI is InChI=1S/C15H15ClN2O2/c1-9-6-10(15(18)19)2-3-11(9)8-20-12-4-5-14(17)13(16)7-12/h2-7H,8,17H2,1H3,(H2,18,19). The number of anilines is 1. The summed E-state index contributed by atoms with van der Waals surface area (Å²) in [7, 11) is 0. The van der Waals surface area contributed by atoms with E-state index in [2.05, 4.69) is 0 Å². The molecule has 0 radical (unpaired) electrons. The average molecular weight is 291 g/mol. The minimum atomic E-state index is -0.439. The summed E-state index contributed by atoms with van der Waals surface area (Å²) in [6, 6.07) is 10.4. The van der Waals surface area contributed by atoms with Crippen molar-refractivity contribution in [3.8, 4) is 5.75 Å². The van der Waals surface area contributed by atoms with E-state index >= 15 is 0 Å². The van der Waals surface area contributed by atoms with E-state index in [1.807, 2.05) is 13.0 Å². The van der Waals surface area contributed by atoms with Gasteiger partial charge in [-0.25, -0.2) is 0 Å². The molecule has 0 saturated heterocycles. The van der Waals surface area contributed by atoms with Crippen molar-refractivity contribution in [1.82, 2.24) is 0 Å². The van der Waals surface area contributed by atoms with Gasteiger partial charge in [0.05, 0.1) is 10.7 Å². The Balaban J connectivity index is 2.10. The largest absolute Gasteiger partial charge is 0.489 e. The molecule has 5 heteroatoms. The molecule has 2 aromatic rings. The van der Waals surface area contributed by atoms with Gasteiger partial charge in [-0.1, -0.05) is 17.7 Å². The quantitative estimate of drug-likeness (QED) is 0.850. The van der Waals surface area contributed by atoms with Crippen molar-refractivity contribution in [2.45, 2.75) is 13.5 Å². The molecule has 0 heterocycles. The van der Waals surface area contributed by atoms with Crippen molar-refractivity contribution in [2.24, 2.45) is 5.73 Å². The van der Waals surface area contributed by atoms with Crippen LogP contribution in [-0.2, 0) is 6.61 Å². The van der Waals surface area contributed by atoms with E-state index in [-0.39, 0.29) is 0 Å². The number of nitrogens with two attached hydrogens (primary N) is 2. The molecule has 0 spiro atoms. The van der Waals surface area contributed by atoms with Gasteiger partial charge >= 0.3 is 0 Å². The van der Waals surface area contributed by atoms with Crippen LogP contribution in [0.5, 0.6) is 5.75 Å². The van der Waals surface area contributed by atoms with E-state index in [1.54, 1.807) is 30.3 Å². The monoisotopic (exact) mass is 290 g/mol. The smallest absolute Gasteiger partial charge is 0.248 e. The lowest BCUT2D eigenvalue weighted by Gasteiger charge is -2.10. The fourth-order valence-corrected chi connectivity index (χ4v) is 1.94. The Labute approximate surface area is 122 Å². The number of carbonyl (C=O) groups is 1.